The fourth-order valence-electron chi connectivity index (χ4n) is 3.05. The van der Waals surface area contributed by atoms with E-state index in [9.17, 15) is 14.3 Å². The molecule has 0 radical (unpaired) electrons. The normalized spacial score (nSPS) is 12.2. The van der Waals surface area contributed by atoms with Crippen molar-refractivity contribution in [2.24, 2.45) is 0 Å². The van der Waals surface area contributed by atoms with E-state index in [1.807, 2.05) is 36.6 Å². The second-order valence-electron chi connectivity index (χ2n) is 6.82. The average Bonchev–Trinajstić information content (AvgIpc) is 3.15. The summed E-state index contributed by atoms with van der Waals surface area (Å²) in [6, 6.07) is 13.5. The summed E-state index contributed by atoms with van der Waals surface area (Å²) in [6.07, 6.45) is 0.561. The molecule has 0 amide bonds. The number of benzene rings is 2. The molecule has 0 fully saturated rings. The standard InChI is InChI=1S/C22H19FN2O3S/c1-14-2-8-18(9-3-14)28-11-17(26)10-25-13-24-21-20(22(25)27)19(12-29-21)15-4-6-16(23)7-5-15/h2-9,12-13,17,26H,10-11H2,1H3/t17-/m1/s1. The molecule has 7 heteroatoms. The van der Waals surface area contributed by atoms with Crippen LogP contribution in [0.25, 0.3) is 21.3 Å². The van der Waals surface area contributed by atoms with Gasteiger partial charge in [0.15, 0.2) is 0 Å². The van der Waals surface area contributed by atoms with Gasteiger partial charge in [-0.25, -0.2) is 9.37 Å². The van der Waals surface area contributed by atoms with Gasteiger partial charge in [0.2, 0.25) is 0 Å². The molecule has 2 heterocycles. The summed E-state index contributed by atoms with van der Waals surface area (Å²) in [5.41, 5.74) is 2.33. The largest absolute Gasteiger partial charge is 0.491 e. The Bertz CT molecular complexity index is 1180. The number of aliphatic hydroxyl groups is 1. The summed E-state index contributed by atoms with van der Waals surface area (Å²) in [7, 11) is 0. The quantitative estimate of drug-likeness (QED) is 0.522. The second-order valence-corrected chi connectivity index (χ2v) is 7.67. The molecule has 2 aromatic carbocycles. The number of halogens is 1. The minimum Gasteiger partial charge on any atom is -0.491 e. The van der Waals surface area contributed by atoms with Crippen LogP contribution in [0.4, 0.5) is 4.39 Å². The third kappa shape index (κ3) is 4.21. The lowest BCUT2D eigenvalue weighted by Crippen LogP contribution is -2.30. The maximum atomic E-state index is 13.2. The zero-order valence-corrected chi connectivity index (χ0v) is 16.5. The minimum atomic E-state index is -0.874. The lowest BCUT2D eigenvalue weighted by Gasteiger charge is -2.14. The first kappa shape index (κ1) is 19.3. The Kier molecular flexibility index (Phi) is 5.42. The van der Waals surface area contributed by atoms with Crippen LogP contribution in [0.15, 0.2) is 65.0 Å². The van der Waals surface area contributed by atoms with Crippen LogP contribution >= 0.6 is 11.3 Å². The highest BCUT2D eigenvalue weighted by Crippen LogP contribution is 2.30. The molecule has 0 aliphatic heterocycles. The van der Waals surface area contributed by atoms with Gasteiger partial charge in [0.25, 0.3) is 5.56 Å². The van der Waals surface area contributed by atoms with Gasteiger partial charge in [0, 0.05) is 10.9 Å². The van der Waals surface area contributed by atoms with Gasteiger partial charge >= 0.3 is 0 Å². The lowest BCUT2D eigenvalue weighted by molar-refractivity contribution is 0.0915. The third-order valence-electron chi connectivity index (χ3n) is 4.59. The van der Waals surface area contributed by atoms with Gasteiger partial charge in [-0.3, -0.25) is 9.36 Å². The maximum Gasteiger partial charge on any atom is 0.262 e. The maximum absolute atomic E-state index is 13.2. The molecule has 1 atom stereocenters. The fourth-order valence-corrected chi connectivity index (χ4v) is 3.95. The Hall–Kier alpha value is -3.03. The van der Waals surface area contributed by atoms with Crippen molar-refractivity contribution in [3.8, 4) is 16.9 Å². The second kappa shape index (κ2) is 8.14. The van der Waals surface area contributed by atoms with Crippen molar-refractivity contribution in [3.05, 3.63) is 82.0 Å². The van der Waals surface area contributed by atoms with Crippen molar-refractivity contribution in [2.75, 3.05) is 6.61 Å². The molecule has 0 spiro atoms. The Morgan fingerprint density at radius 3 is 2.62 bits per heavy atom. The van der Waals surface area contributed by atoms with Crippen LogP contribution in [0, 0.1) is 12.7 Å². The Morgan fingerprint density at radius 1 is 1.17 bits per heavy atom. The molecular weight excluding hydrogens is 391 g/mol. The highest BCUT2D eigenvalue weighted by molar-refractivity contribution is 7.17. The number of thiophene rings is 1. The molecule has 0 aliphatic carbocycles. The molecule has 148 valence electrons. The van der Waals surface area contributed by atoms with Crippen molar-refractivity contribution in [1.82, 2.24) is 9.55 Å². The molecular formula is C22H19FN2O3S. The van der Waals surface area contributed by atoms with Gasteiger partial charge in [-0.05, 0) is 36.8 Å². The number of hydrogen-bond acceptors (Lipinski definition) is 5. The predicted octanol–water partition coefficient (Wildman–Crippen LogP) is 4.01. The number of aryl methyl sites for hydroxylation is 1. The molecule has 0 aliphatic rings. The van der Waals surface area contributed by atoms with Crippen LogP contribution in [0.5, 0.6) is 5.75 Å². The lowest BCUT2D eigenvalue weighted by atomic mass is 10.1. The topological polar surface area (TPSA) is 64.3 Å². The fraction of sp³-hybridized carbons (Fsp3) is 0.182. The molecule has 0 saturated heterocycles. The molecule has 4 rings (SSSR count). The van der Waals surface area contributed by atoms with E-state index in [0.29, 0.717) is 21.5 Å². The highest BCUT2D eigenvalue weighted by atomic mass is 32.1. The number of rotatable bonds is 6. The van der Waals surface area contributed by atoms with Crippen LogP contribution in [0.2, 0.25) is 0 Å². The van der Waals surface area contributed by atoms with E-state index >= 15 is 0 Å². The van der Waals surface area contributed by atoms with E-state index in [2.05, 4.69) is 4.98 Å². The third-order valence-corrected chi connectivity index (χ3v) is 5.47. The van der Waals surface area contributed by atoms with E-state index in [4.69, 9.17) is 4.74 Å². The first-order valence-corrected chi connectivity index (χ1v) is 9.99. The van der Waals surface area contributed by atoms with Crippen LogP contribution in [-0.4, -0.2) is 27.4 Å². The number of fused-ring (bicyclic) bond motifs is 1. The zero-order chi connectivity index (χ0) is 20.4. The SMILES string of the molecule is Cc1ccc(OC[C@H](O)Cn2cnc3scc(-c4ccc(F)cc4)c3c2=O)cc1. The minimum absolute atomic E-state index is 0.0575. The number of nitrogens with zero attached hydrogens (tertiary/aromatic N) is 2. The van der Waals surface area contributed by atoms with Crippen molar-refractivity contribution in [1.29, 1.82) is 0 Å². The highest BCUT2D eigenvalue weighted by Gasteiger charge is 2.15. The summed E-state index contributed by atoms with van der Waals surface area (Å²) in [5.74, 6) is 0.326. The van der Waals surface area contributed by atoms with E-state index < -0.39 is 6.10 Å². The number of aromatic nitrogens is 2. The molecule has 0 saturated carbocycles. The van der Waals surface area contributed by atoms with Gasteiger partial charge in [-0.15, -0.1) is 11.3 Å². The summed E-state index contributed by atoms with van der Waals surface area (Å²) in [4.78, 5) is 18.0. The summed E-state index contributed by atoms with van der Waals surface area (Å²) >= 11 is 1.36. The van der Waals surface area contributed by atoms with Crippen molar-refractivity contribution >= 4 is 21.6 Å². The molecule has 1 N–H and O–H groups in total. The molecule has 5 nitrogen and oxygen atoms in total. The Balaban J connectivity index is 1.55. The summed E-state index contributed by atoms with van der Waals surface area (Å²) < 4.78 is 20.2. The van der Waals surface area contributed by atoms with E-state index in [0.717, 1.165) is 11.1 Å². The molecule has 4 aromatic rings. The van der Waals surface area contributed by atoms with Gasteiger partial charge < -0.3 is 9.84 Å². The summed E-state index contributed by atoms with van der Waals surface area (Å²) in [5, 5.41) is 12.6. The smallest absolute Gasteiger partial charge is 0.262 e. The van der Waals surface area contributed by atoms with Gasteiger partial charge in [0.05, 0.1) is 18.3 Å². The van der Waals surface area contributed by atoms with Crippen LogP contribution in [0.1, 0.15) is 5.56 Å². The predicted molar refractivity (Wildman–Crippen MR) is 112 cm³/mol. The van der Waals surface area contributed by atoms with Crippen LogP contribution < -0.4 is 10.3 Å². The number of hydrogen-bond donors (Lipinski definition) is 1. The van der Waals surface area contributed by atoms with E-state index in [1.54, 1.807) is 12.1 Å². The van der Waals surface area contributed by atoms with Crippen molar-refractivity contribution in [3.63, 3.8) is 0 Å². The van der Waals surface area contributed by atoms with Gasteiger partial charge in [-0.2, -0.15) is 0 Å². The first-order chi connectivity index (χ1) is 14.0. The van der Waals surface area contributed by atoms with Crippen LogP contribution in [-0.2, 0) is 6.54 Å². The van der Waals surface area contributed by atoms with E-state index in [-0.39, 0.29) is 24.5 Å². The first-order valence-electron chi connectivity index (χ1n) is 9.11. The number of aliphatic hydroxyl groups excluding tert-OH is 1. The van der Waals surface area contributed by atoms with Crippen LogP contribution in [0.3, 0.4) is 0 Å². The molecule has 0 unspecified atom stereocenters. The van der Waals surface area contributed by atoms with Crippen molar-refractivity contribution in [2.45, 2.75) is 19.6 Å². The Morgan fingerprint density at radius 2 is 1.90 bits per heavy atom. The number of ether oxygens (including phenoxy) is 1. The van der Waals surface area contributed by atoms with Crippen molar-refractivity contribution < 1.29 is 14.2 Å². The Labute approximate surface area is 170 Å². The van der Waals surface area contributed by atoms with Gasteiger partial charge in [-0.1, -0.05) is 29.8 Å². The zero-order valence-electron chi connectivity index (χ0n) is 15.7. The molecule has 2 aromatic heterocycles. The monoisotopic (exact) mass is 410 g/mol. The molecule has 0 bridgehead atoms. The molecule has 29 heavy (non-hydrogen) atoms. The van der Waals surface area contributed by atoms with Gasteiger partial charge in [0.1, 0.15) is 29.1 Å². The summed E-state index contributed by atoms with van der Waals surface area (Å²) in [6.45, 7) is 2.10. The average molecular weight is 410 g/mol. The van der Waals surface area contributed by atoms with E-state index in [1.165, 1.54) is 34.4 Å².